The lowest BCUT2D eigenvalue weighted by molar-refractivity contribution is -0.140. The number of rotatable bonds is 3. The van der Waals surface area contributed by atoms with Crippen LogP contribution in [-0.2, 0) is 16.8 Å². The Morgan fingerprint density at radius 1 is 1.21 bits per heavy atom. The first kappa shape index (κ1) is 18.6. The average molecular weight is 395 g/mol. The zero-order valence-electron chi connectivity index (χ0n) is 17.2. The average Bonchev–Trinajstić information content (AvgIpc) is 3.47. The summed E-state index contributed by atoms with van der Waals surface area (Å²) in [6.07, 6.45) is 11.9. The van der Waals surface area contributed by atoms with Gasteiger partial charge in [0.2, 0.25) is 11.9 Å². The van der Waals surface area contributed by atoms with Crippen molar-refractivity contribution in [3.63, 3.8) is 0 Å². The molecule has 0 radical (unpaired) electrons. The Kier molecular flexibility index (Phi) is 4.76. The molecule has 5 rings (SSSR count). The van der Waals surface area contributed by atoms with E-state index in [4.69, 9.17) is 4.98 Å². The molecule has 2 aromatic rings. The Morgan fingerprint density at radius 2 is 2.00 bits per heavy atom. The van der Waals surface area contributed by atoms with E-state index < -0.39 is 0 Å². The Balaban J connectivity index is 1.39. The number of aromatic nitrogens is 4. The summed E-state index contributed by atoms with van der Waals surface area (Å²) in [6.45, 7) is 4.41. The van der Waals surface area contributed by atoms with Gasteiger partial charge in [-0.3, -0.25) is 4.79 Å². The van der Waals surface area contributed by atoms with Crippen LogP contribution in [0.3, 0.4) is 0 Å². The lowest BCUT2D eigenvalue weighted by atomic mass is 9.78. The van der Waals surface area contributed by atoms with Gasteiger partial charge in [-0.15, -0.1) is 0 Å². The highest BCUT2D eigenvalue weighted by Gasteiger charge is 2.48. The number of imidazole rings is 1. The lowest BCUT2D eigenvalue weighted by Crippen LogP contribution is -2.58. The van der Waals surface area contributed by atoms with Crippen molar-refractivity contribution < 1.29 is 4.79 Å². The van der Waals surface area contributed by atoms with Crippen molar-refractivity contribution in [2.75, 3.05) is 24.5 Å². The first-order chi connectivity index (χ1) is 14.2. The zero-order chi connectivity index (χ0) is 19.8. The van der Waals surface area contributed by atoms with Crippen molar-refractivity contribution in [2.24, 2.45) is 0 Å². The number of amides is 1. The molecule has 1 amide bonds. The molecule has 1 saturated carbocycles. The summed E-state index contributed by atoms with van der Waals surface area (Å²) < 4.78 is 0. The highest BCUT2D eigenvalue weighted by atomic mass is 16.2. The number of aromatic amines is 1. The summed E-state index contributed by atoms with van der Waals surface area (Å²) in [5.41, 5.74) is 3.17. The summed E-state index contributed by atoms with van der Waals surface area (Å²) >= 11 is 0. The normalized spacial score (nSPS) is 21.6. The van der Waals surface area contributed by atoms with Crippen LogP contribution in [0.25, 0.3) is 0 Å². The van der Waals surface area contributed by atoms with E-state index in [1.165, 1.54) is 37.1 Å². The number of carbonyl (C=O) groups is 1. The number of carbonyl (C=O) groups excluding carboxylic acids is 1. The smallest absolute Gasteiger partial charge is 0.225 e. The molecular formula is C22H30N6O. The molecule has 29 heavy (non-hydrogen) atoms. The number of H-pyrrole nitrogens is 1. The molecule has 0 aromatic carbocycles. The highest BCUT2D eigenvalue weighted by Crippen LogP contribution is 2.43. The van der Waals surface area contributed by atoms with E-state index >= 15 is 0 Å². The number of piperidine rings is 1. The van der Waals surface area contributed by atoms with Gasteiger partial charge in [0.15, 0.2) is 0 Å². The minimum atomic E-state index is -0.291. The van der Waals surface area contributed by atoms with Gasteiger partial charge in [-0.1, -0.05) is 19.8 Å². The van der Waals surface area contributed by atoms with Crippen molar-refractivity contribution in [1.82, 2.24) is 24.8 Å². The van der Waals surface area contributed by atoms with E-state index in [1.807, 2.05) is 13.1 Å². The van der Waals surface area contributed by atoms with E-state index in [-0.39, 0.29) is 11.4 Å². The molecule has 1 aliphatic carbocycles. The van der Waals surface area contributed by atoms with Crippen LogP contribution in [0.5, 0.6) is 0 Å². The maximum Gasteiger partial charge on any atom is 0.225 e. The van der Waals surface area contributed by atoms with Gasteiger partial charge in [0, 0.05) is 56.0 Å². The second-order valence-corrected chi connectivity index (χ2v) is 8.66. The second kappa shape index (κ2) is 7.43. The van der Waals surface area contributed by atoms with Crippen molar-refractivity contribution in [2.45, 2.75) is 69.7 Å². The summed E-state index contributed by atoms with van der Waals surface area (Å²) in [5.74, 6) is 1.66. The van der Waals surface area contributed by atoms with Gasteiger partial charge < -0.3 is 14.8 Å². The maximum atomic E-state index is 12.8. The Bertz CT molecular complexity index is 879. The zero-order valence-corrected chi connectivity index (χ0v) is 17.2. The van der Waals surface area contributed by atoms with Gasteiger partial charge in [0.05, 0.1) is 17.6 Å². The first-order valence-corrected chi connectivity index (χ1v) is 11.1. The van der Waals surface area contributed by atoms with Gasteiger partial charge in [-0.2, -0.15) is 0 Å². The van der Waals surface area contributed by atoms with E-state index in [0.717, 1.165) is 50.5 Å². The van der Waals surface area contributed by atoms with Gasteiger partial charge >= 0.3 is 0 Å². The topological polar surface area (TPSA) is 78.0 Å². The van der Waals surface area contributed by atoms with Crippen LogP contribution in [0.15, 0.2) is 18.6 Å². The van der Waals surface area contributed by atoms with E-state index in [9.17, 15) is 4.79 Å². The van der Waals surface area contributed by atoms with Crippen LogP contribution in [0.2, 0.25) is 0 Å². The molecule has 3 aliphatic rings. The van der Waals surface area contributed by atoms with Crippen LogP contribution in [0, 0.1) is 0 Å². The molecule has 2 fully saturated rings. The molecule has 2 aliphatic heterocycles. The quantitative estimate of drug-likeness (QED) is 0.865. The van der Waals surface area contributed by atoms with E-state index in [0.29, 0.717) is 12.3 Å². The molecule has 7 nitrogen and oxygen atoms in total. The van der Waals surface area contributed by atoms with Crippen molar-refractivity contribution in [3.05, 3.63) is 35.7 Å². The fourth-order valence-electron chi connectivity index (χ4n) is 5.58. The second-order valence-electron chi connectivity index (χ2n) is 8.66. The van der Waals surface area contributed by atoms with E-state index in [1.54, 1.807) is 6.33 Å². The third-order valence-electron chi connectivity index (χ3n) is 7.18. The maximum absolute atomic E-state index is 12.8. The summed E-state index contributed by atoms with van der Waals surface area (Å²) in [4.78, 5) is 34.6. The van der Waals surface area contributed by atoms with Gasteiger partial charge in [-0.25, -0.2) is 15.0 Å². The Morgan fingerprint density at radius 3 is 2.76 bits per heavy atom. The van der Waals surface area contributed by atoms with Gasteiger partial charge in [0.1, 0.15) is 0 Å². The van der Waals surface area contributed by atoms with Crippen LogP contribution < -0.4 is 4.90 Å². The lowest BCUT2D eigenvalue weighted by Gasteiger charge is -2.50. The molecule has 154 valence electrons. The number of nitrogens with one attached hydrogen (secondary N) is 1. The molecule has 1 N–H and O–H groups in total. The Hall–Kier alpha value is -2.44. The predicted octanol–water partition coefficient (Wildman–Crippen LogP) is 3.15. The number of fused-ring (bicyclic) bond motifs is 2. The molecule has 0 unspecified atom stereocenters. The molecule has 2 aromatic heterocycles. The fraction of sp³-hybridized carbons (Fsp3) is 0.636. The number of hydrogen-bond donors (Lipinski definition) is 1. The minimum Gasteiger partial charge on any atom is -0.348 e. The summed E-state index contributed by atoms with van der Waals surface area (Å²) in [5, 5.41) is 0. The van der Waals surface area contributed by atoms with Crippen LogP contribution in [-0.4, -0.2) is 50.4 Å². The summed E-state index contributed by atoms with van der Waals surface area (Å²) in [6, 6.07) is 2.09. The van der Waals surface area contributed by atoms with Crippen molar-refractivity contribution in [1.29, 1.82) is 0 Å². The molecule has 0 atom stereocenters. The third-order valence-corrected chi connectivity index (χ3v) is 7.18. The summed E-state index contributed by atoms with van der Waals surface area (Å²) in [7, 11) is 0. The first-order valence-electron chi connectivity index (χ1n) is 11.1. The number of hydrogen-bond acceptors (Lipinski definition) is 5. The van der Waals surface area contributed by atoms with Crippen LogP contribution in [0.4, 0.5) is 5.95 Å². The SMILES string of the molecule is CCC(=O)N1CCc2[nH]cnc2C12CCN(c1nccc(C3CCCC3)n1)CC2. The number of nitrogens with zero attached hydrogens (tertiary/aromatic N) is 5. The molecular weight excluding hydrogens is 364 g/mol. The van der Waals surface area contributed by atoms with E-state index in [2.05, 4.69) is 30.8 Å². The largest absolute Gasteiger partial charge is 0.348 e. The Labute approximate surface area is 171 Å². The monoisotopic (exact) mass is 394 g/mol. The highest BCUT2D eigenvalue weighted by molar-refractivity contribution is 5.77. The van der Waals surface area contributed by atoms with Crippen molar-refractivity contribution >= 4 is 11.9 Å². The minimum absolute atomic E-state index is 0.228. The molecule has 7 heteroatoms. The van der Waals surface area contributed by atoms with Gasteiger partial charge in [-0.05, 0) is 31.7 Å². The molecule has 1 saturated heterocycles. The fourth-order valence-corrected chi connectivity index (χ4v) is 5.58. The predicted molar refractivity (Wildman–Crippen MR) is 111 cm³/mol. The van der Waals surface area contributed by atoms with Crippen LogP contribution in [0.1, 0.15) is 74.9 Å². The number of anilines is 1. The van der Waals surface area contributed by atoms with Crippen LogP contribution >= 0.6 is 0 Å². The molecule has 0 bridgehead atoms. The standard InChI is InChI=1S/C22H30N6O/c1-2-19(29)28-12-8-18-20(25-15-24-18)22(28)9-13-27(14-10-22)21-23-11-7-17(26-21)16-5-3-4-6-16/h7,11,15-16H,2-6,8-10,12-14H2,1H3,(H,24,25). The van der Waals surface area contributed by atoms with Crippen molar-refractivity contribution in [3.8, 4) is 0 Å². The third kappa shape index (κ3) is 3.11. The molecule has 1 spiro atoms. The molecule has 4 heterocycles. The van der Waals surface area contributed by atoms with Gasteiger partial charge in [0.25, 0.3) is 0 Å².